The van der Waals surface area contributed by atoms with Gasteiger partial charge in [-0.3, -0.25) is 4.79 Å². The Morgan fingerprint density at radius 3 is 3.04 bits per heavy atom. The Morgan fingerprint density at radius 2 is 2.26 bits per heavy atom. The molecule has 0 aliphatic heterocycles. The smallest absolute Gasteiger partial charge is 0.264 e. The highest BCUT2D eigenvalue weighted by Gasteiger charge is 2.31. The number of ketones is 1. The van der Waals surface area contributed by atoms with Crippen LogP contribution in [-0.4, -0.2) is 29.6 Å². The molecule has 0 N–H and O–H groups in total. The van der Waals surface area contributed by atoms with Gasteiger partial charge in [0.2, 0.25) is 0 Å². The quantitative estimate of drug-likeness (QED) is 0.806. The molecule has 1 unspecified atom stereocenters. The van der Waals surface area contributed by atoms with Gasteiger partial charge in [0.05, 0.1) is 12.2 Å². The van der Waals surface area contributed by atoms with Crippen molar-refractivity contribution in [2.45, 2.75) is 32.3 Å². The van der Waals surface area contributed by atoms with Crippen LogP contribution in [0.4, 0.5) is 0 Å². The van der Waals surface area contributed by atoms with Crippen LogP contribution in [0.1, 0.15) is 46.9 Å². The molecule has 0 fully saturated rings. The Balaban J connectivity index is 1.74. The van der Waals surface area contributed by atoms with Crippen LogP contribution in [0.15, 0.2) is 16.7 Å². The molecule has 7 heteroatoms. The summed E-state index contributed by atoms with van der Waals surface area (Å²) in [5.74, 6) is 1.60. The molecule has 0 spiro atoms. The minimum Gasteiger partial charge on any atom is -0.483 e. The summed E-state index contributed by atoms with van der Waals surface area (Å²) >= 11 is 6.21. The van der Waals surface area contributed by atoms with Crippen molar-refractivity contribution >= 4 is 17.4 Å². The van der Waals surface area contributed by atoms with Crippen LogP contribution in [0.25, 0.3) is 0 Å². The van der Waals surface area contributed by atoms with Gasteiger partial charge in [-0.15, -0.1) is 0 Å². The van der Waals surface area contributed by atoms with Gasteiger partial charge in [-0.1, -0.05) is 23.7 Å². The lowest BCUT2D eigenvalue weighted by Crippen LogP contribution is -2.02. The van der Waals surface area contributed by atoms with E-state index in [0.717, 1.165) is 5.56 Å². The SMILES string of the molecule is COCCc1noc(COc2ccc(Cl)c3c2C(=O)CC3C)n1. The highest BCUT2D eigenvalue weighted by Crippen LogP contribution is 2.42. The van der Waals surface area contributed by atoms with Gasteiger partial charge in [0, 0.05) is 25.0 Å². The van der Waals surface area contributed by atoms with E-state index in [1.54, 1.807) is 19.2 Å². The summed E-state index contributed by atoms with van der Waals surface area (Å²) in [5.41, 5.74) is 1.43. The second-order valence-electron chi connectivity index (χ2n) is 5.50. The highest BCUT2D eigenvalue weighted by molar-refractivity contribution is 6.32. The molecule has 1 aromatic heterocycles. The van der Waals surface area contributed by atoms with Crippen LogP contribution in [0.3, 0.4) is 0 Å². The van der Waals surface area contributed by atoms with Gasteiger partial charge in [-0.25, -0.2) is 0 Å². The number of methoxy groups -OCH3 is 1. The van der Waals surface area contributed by atoms with Crippen molar-refractivity contribution in [3.05, 3.63) is 40.0 Å². The minimum absolute atomic E-state index is 0.0521. The van der Waals surface area contributed by atoms with Crippen LogP contribution >= 0.6 is 11.6 Å². The van der Waals surface area contributed by atoms with Gasteiger partial charge < -0.3 is 14.0 Å². The second-order valence-corrected chi connectivity index (χ2v) is 5.91. The third-order valence-corrected chi connectivity index (χ3v) is 4.14. The van der Waals surface area contributed by atoms with Gasteiger partial charge >= 0.3 is 0 Å². The number of hydrogen-bond acceptors (Lipinski definition) is 6. The number of aromatic nitrogens is 2. The van der Waals surface area contributed by atoms with E-state index in [2.05, 4.69) is 10.1 Å². The maximum atomic E-state index is 12.2. The summed E-state index contributed by atoms with van der Waals surface area (Å²) < 4.78 is 15.8. The monoisotopic (exact) mass is 336 g/mol. The van der Waals surface area contributed by atoms with Crippen molar-refractivity contribution in [1.82, 2.24) is 10.1 Å². The standard InChI is InChI=1S/C16H17ClN2O4/c1-9-7-11(20)16-12(4-3-10(17)15(9)16)22-8-14-18-13(19-23-14)5-6-21-2/h3-4,9H,5-8H2,1-2H3. The molecular formula is C16H17ClN2O4. The Kier molecular flexibility index (Phi) is 4.63. The van der Waals surface area contributed by atoms with Crippen molar-refractivity contribution < 1.29 is 18.8 Å². The lowest BCUT2D eigenvalue weighted by Gasteiger charge is -2.11. The number of carbonyl (C=O) groups is 1. The number of nitrogens with zero attached hydrogens (tertiary/aromatic N) is 2. The molecule has 1 aliphatic rings. The predicted octanol–water partition coefficient (Wildman–Crippen LogP) is 3.18. The van der Waals surface area contributed by atoms with Crippen LogP contribution in [0.5, 0.6) is 5.75 Å². The fourth-order valence-corrected chi connectivity index (χ4v) is 3.07. The molecule has 1 aliphatic carbocycles. The first kappa shape index (κ1) is 16.0. The molecule has 0 saturated carbocycles. The van der Waals surface area contributed by atoms with Crippen LogP contribution < -0.4 is 4.74 Å². The number of fused-ring (bicyclic) bond motifs is 1. The van der Waals surface area contributed by atoms with E-state index < -0.39 is 0 Å². The van der Waals surface area contributed by atoms with Crippen LogP contribution in [-0.2, 0) is 17.8 Å². The summed E-state index contributed by atoms with van der Waals surface area (Å²) in [7, 11) is 1.61. The summed E-state index contributed by atoms with van der Waals surface area (Å²) in [5, 5.41) is 4.45. The zero-order chi connectivity index (χ0) is 16.4. The minimum atomic E-state index is 0.0521. The Morgan fingerprint density at radius 1 is 1.43 bits per heavy atom. The number of hydrogen-bond donors (Lipinski definition) is 0. The largest absolute Gasteiger partial charge is 0.483 e. The molecule has 0 amide bonds. The normalized spacial score (nSPS) is 16.7. The first-order chi connectivity index (χ1) is 11.1. The summed E-state index contributed by atoms with van der Waals surface area (Å²) in [6.07, 6.45) is 1.03. The van der Waals surface area contributed by atoms with Crippen LogP contribution in [0, 0.1) is 0 Å². The average Bonchev–Trinajstić information content (AvgIpc) is 3.10. The summed E-state index contributed by atoms with van der Waals surface area (Å²) in [4.78, 5) is 16.4. The fraction of sp³-hybridized carbons (Fsp3) is 0.438. The first-order valence-electron chi connectivity index (χ1n) is 7.39. The molecule has 1 atom stereocenters. The van der Waals surface area contributed by atoms with Crippen molar-refractivity contribution in [2.75, 3.05) is 13.7 Å². The van der Waals surface area contributed by atoms with Gasteiger partial charge in [-0.05, 0) is 23.6 Å². The van der Waals surface area contributed by atoms with Crippen molar-refractivity contribution in [3.8, 4) is 5.75 Å². The Hall–Kier alpha value is -1.92. The highest BCUT2D eigenvalue weighted by atomic mass is 35.5. The lowest BCUT2D eigenvalue weighted by molar-refractivity contribution is 0.0985. The van der Waals surface area contributed by atoms with Crippen LogP contribution in [0.2, 0.25) is 5.02 Å². The maximum absolute atomic E-state index is 12.2. The molecule has 122 valence electrons. The zero-order valence-corrected chi connectivity index (χ0v) is 13.7. The first-order valence-corrected chi connectivity index (χ1v) is 7.76. The number of rotatable bonds is 6. The maximum Gasteiger partial charge on any atom is 0.264 e. The summed E-state index contributed by atoms with van der Waals surface area (Å²) in [6.45, 7) is 2.62. The number of carbonyl (C=O) groups excluding carboxylic acids is 1. The molecular weight excluding hydrogens is 320 g/mol. The molecule has 23 heavy (non-hydrogen) atoms. The molecule has 0 saturated heterocycles. The van der Waals surface area contributed by atoms with Gasteiger partial charge in [0.1, 0.15) is 5.75 Å². The number of ether oxygens (including phenoxy) is 2. The molecule has 1 heterocycles. The van der Waals surface area contributed by atoms with Gasteiger partial charge in [0.15, 0.2) is 18.2 Å². The number of Topliss-reactive ketones (excluding diaryl/α,β-unsaturated/α-hetero) is 1. The van der Waals surface area contributed by atoms with E-state index >= 15 is 0 Å². The Labute approximate surface area is 138 Å². The van der Waals surface area contributed by atoms with E-state index in [4.69, 9.17) is 25.6 Å². The fourth-order valence-electron chi connectivity index (χ4n) is 2.73. The van der Waals surface area contributed by atoms with Crippen molar-refractivity contribution in [2.24, 2.45) is 0 Å². The molecule has 0 radical (unpaired) electrons. The Bertz CT molecular complexity index is 729. The third kappa shape index (κ3) is 3.23. The van der Waals surface area contributed by atoms with Gasteiger partial charge in [0.25, 0.3) is 5.89 Å². The van der Waals surface area contributed by atoms with E-state index in [1.165, 1.54) is 0 Å². The van der Waals surface area contributed by atoms with E-state index in [1.807, 2.05) is 6.92 Å². The molecule has 0 bridgehead atoms. The molecule has 3 rings (SSSR count). The van der Waals surface area contributed by atoms with Gasteiger partial charge in [-0.2, -0.15) is 4.98 Å². The molecule has 1 aromatic carbocycles. The second kappa shape index (κ2) is 6.68. The van der Waals surface area contributed by atoms with E-state index in [9.17, 15) is 4.79 Å². The molecule has 6 nitrogen and oxygen atoms in total. The third-order valence-electron chi connectivity index (χ3n) is 3.81. The van der Waals surface area contributed by atoms with E-state index in [-0.39, 0.29) is 18.3 Å². The number of halogens is 1. The number of benzene rings is 1. The lowest BCUT2D eigenvalue weighted by atomic mass is 10.0. The predicted molar refractivity (Wildman–Crippen MR) is 83.0 cm³/mol. The zero-order valence-electron chi connectivity index (χ0n) is 13.0. The van der Waals surface area contributed by atoms with E-state index in [0.29, 0.717) is 47.5 Å². The van der Waals surface area contributed by atoms with Crippen molar-refractivity contribution in [1.29, 1.82) is 0 Å². The van der Waals surface area contributed by atoms with Crippen molar-refractivity contribution in [3.63, 3.8) is 0 Å². The molecule has 2 aromatic rings. The topological polar surface area (TPSA) is 74.5 Å². The summed E-state index contributed by atoms with van der Waals surface area (Å²) in [6, 6.07) is 3.46. The average molecular weight is 337 g/mol.